The largest absolute Gasteiger partial charge is 0.454 e. The second kappa shape index (κ2) is 7.30. The molecule has 25 heavy (non-hydrogen) atoms. The number of hydrogen-bond acceptors (Lipinski definition) is 6. The van der Waals surface area contributed by atoms with Crippen molar-refractivity contribution in [3.05, 3.63) is 23.8 Å². The van der Waals surface area contributed by atoms with Gasteiger partial charge in [0.2, 0.25) is 18.6 Å². The van der Waals surface area contributed by atoms with Crippen LogP contribution >= 0.6 is 0 Å². The summed E-state index contributed by atoms with van der Waals surface area (Å²) in [5, 5.41) is 5.17. The van der Waals surface area contributed by atoms with Crippen LogP contribution in [0.5, 0.6) is 11.5 Å². The first-order chi connectivity index (χ1) is 11.9. The maximum absolute atomic E-state index is 11.9. The molecule has 3 rings (SSSR count). The van der Waals surface area contributed by atoms with Crippen LogP contribution in [0.1, 0.15) is 18.4 Å². The molecule has 0 saturated carbocycles. The van der Waals surface area contributed by atoms with E-state index in [0.29, 0.717) is 24.3 Å². The van der Waals surface area contributed by atoms with Gasteiger partial charge in [-0.3, -0.25) is 9.59 Å². The molecular weight excluding hydrogens is 348 g/mol. The van der Waals surface area contributed by atoms with E-state index < -0.39 is 9.84 Å². The van der Waals surface area contributed by atoms with Crippen molar-refractivity contribution in [3.8, 4) is 11.5 Å². The molecule has 2 N–H and O–H groups in total. The lowest BCUT2D eigenvalue weighted by atomic mass is 10.1. The molecule has 0 radical (unpaired) electrons. The zero-order valence-corrected chi connectivity index (χ0v) is 14.4. The van der Waals surface area contributed by atoms with E-state index >= 15 is 0 Å². The van der Waals surface area contributed by atoms with Gasteiger partial charge in [-0.2, -0.15) is 0 Å². The summed E-state index contributed by atoms with van der Waals surface area (Å²) < 4.78 is 33.2. The van der Waals surface area contributed by atoms with E-state index in [1.54, 1.807) is 6.07 Å². The third kappa shape index (κ3) is 4.85. The molecule has 2 aliphatic rings. The molecule has 1 fully saturated rings. The highest BCUT2D eigenvalue weighted by Crippen LogP contribution is 2.32. The standard InChI is InChI=1S/C16H20N2O6S/c19-15(4-2-11-1-3-13-14(7-11)24-10-23-13)17-8-16(20)18-12-5-6-25(21,22)9-12/h1,3,7,12H,2,4-6,8-10H2,(H,17,19)(H,18,20). The van der Waals surface area contributed by atoms with E-state index in [1.165, 1.54) is 0 Å². The predicted molar refractivity (Wildman–Crippen MR) is 89.1 cm³/mol. The lowest BCUT2D eigenvalue weighted by molar-refractivity contribution is -0.126. The lowest BCUT2D eigenvalue weighted by Crippen LogP contribution is -2.42. The third-order valence-electron chi connectivity index (χ3n) is 4.12. The van der Waals surface area contributed by atoms with Crippen LogP contribution in [0, 0.1) is 0 Å². The van der Waals surface area contributed by atoms with Gasteiger partial charge in [-0.1, -0.05) is 6.07 Å². The van der Waals surface area contributed by atoms with Crippen molar-refractivity contribution in [2.75, 3.05) is 24.8 Å². The molecule has 1 atom stereocenters. The molecule has 9 heteroatoms. The predicted octanol–water partition coefficient (Wildman–Crippen LogP) is -0.233. The van der Waals surface area contributed by atoms with Crippen molar-refractivity contribution in [1.82, 2.24) is 10.6 Å². The maximum atomic E-state index is 11.9. The number of amides is 2. The number of aryl methyl sites for hydroxylation is 1. The van der Waals surface area contributed by atoms with Crippen molar-refractivity contribution >= 4 is 21.7 Å². The molecule has 0 bridgehead atoms. The number of benzene rings is 1. The summed E-state index contributed by atoms with van der Waals surface area (Å²) in [7, 11) is -3.04. The van der Waals surface area contributed by atoms with Gasteiger partial charge >= 0.3 is 0 Å². The Labute approximate surface area is 145 Å². The number of sulfone groups is 1. The first kappa shape index (κ1) is 17.5. The highest BCUT2D eigenvalue weighted by atomic mass is 32.2. The summed E-state index contributed by atoms with van der Waals surface area (Å²) >= 11 is 0. The number of carbonyl (C=O) groups is 2. The van der Waals surface area contributed by atoms with E-state index in [1.807, 2.05) is 12.1 Å². The molecule has 8 nitrogen and oxygen atoms in total. The molecule has 1 aromatic rings. The van der Waals surface area contributed by atoms with Gasteiger partial charge in [-0.15, -0.1) is 0 Å². The summed E-state index contributed by atoms with van der Waals surface area (Å²) in [4.78, 5) is 23.6. The Morgan fingerprint density at radius 1 is 1.16 bits per heavy atom. The molecule has 2 heterocycles. The number of fused-ring (bicyclic) bond motifs is 1. The van der Waals surface area contributed by atoms with Crippen LogP contribution in [0.4, 0.5) is 0 Å². The summed E-state index contributed by atoms with van der Waals surface area (Å²) in [5.41, 5.74) is 0.944. The van der Waals surface area contributed by atoms with Crippen molar-refractivity contribution in [2.24, 2.45) is 0 Å². The summed E-state index contributed by atoms with van der Waals surface area (Å²) in [5.74, 6) is 0.810. The van der Waals surface area contributed by atoms with E-state index in [-0.39, 0.29) is 49.1 Å². The molecule has 1 unspecified atom stereocenters. The zero-order chi connectivity index (χ0) is 17.9. The number of nitrogens with one attached hydrogen (secondary N) is 2. The summed E-state index contributed by atoms with van der Waals surface area (Å²) in [6.07, 6.45) is 1.18. The average Bonchev–Trinajstić information content (AvgIpc) is 3.16. The number of carbonyl (C=O) groups excluding carboxylic acids is 2. The molecule has 2 amide bonds. The fourth-order valence-corrected chi connectivity index (χ4v) is 4.48. The fraction of sp³-hybridized carbons (Fsp3) is 0.500. The molecule has 0 aromatic heterocycles. The first-order valence-electron chi connectivity index (χ1n) is 8.06. The maximum Gasteiger partial charge on any atom is 0.239 e. The second-order valence-corrected chi connectivity index (χ2v) is 8.36. The van der Waals surface area contributed by atoms with Crippen molar-refractivity contribution < 1.29 is 27.5 Å². The number of rotatable bonds is 6. The van der Waals surface area contributed by atoms with E-state index in [0.717, 1.165) is 5.56 Å². The number of ether oxygens (including phenoxy) is 2. The van der Waals surface area contributed by atoms with Crippen molar-refractivity contribution in [3.63, 3.8) is 0 Å². The van der Waals surface area contributed by atoms with Crippen LogP contribution in [0.2, 0.25) is 0 Å². The van der Waals surface area contributed by atoms with Gasteiger partial charge in [0.25, 0.3) is 0 Å². The monoisotopic (exact) mass is 368 g/mol. The molecule has 1 saturated heterocycles. The molecule has 2 aliphatic heterocycles. The molecule has 0 aliphatic carbocycles. The highest BCUT2D eigenvalue weighted by molar-refractivity contribution is 7.91. The quantitative estimate of drug-likeness (QED) is 0.717. The van der Waals surface area contributed by atoms with Crippen LogP contribution in [0.25, 0.3) is 0 Å². The Morgan fingerprint density at radius 2 is 1.96 bits per heavy atom. The van der Waals surface area contributed by atoms with Crippen LogP contribution < -0.4 is 20.1 Å². The topological polar surface area (TPSA) is 111 Å². The Kier molecular flexibility index (Phi) is 5.12. The number of hydrogen-bond donors (Lipinski definition) is 2. The Morgan fingerprint density at radius 3 is 2.72 bits per heavy atom. The summed E-state index contributed by atoms with van der Waals surface area (Å²) in [6, 6.07) is 5.15. The van der Waals surface area contributed by atoms with Crippen molar-refractivity contribution in [2.45, 2.75) is 25.3 Å². The SMILES string of the molecule is O=C(CCc1ccc2c(c1)OCO2)NCC(=O)NC1CCS(=O)(=O)C1. The van der Waals surface area contributed by atoms with Gasteiger partial charge < -0.3 is 20.1 Å². The molecule has 0 spiro atoms. The van der Waals surface area contributed by atoms with Gasteiger partial charge in [0, 0.05) is 12.5 Å². The average molecular weight is 368 g/mol. The fourth-order valence-electron chi connectivity index (χ4n) is 2.81. The lowest BCUT2D eigenvalue weighted by Gasteiger charge is -2.11. The molecule has 136 valence electrons. The highest BCUT2D eigenvalue weighted by Gasteiger charge is 2.28. The Bertz CT molecular complexity index is 777. The van der Waals surface area contributed by atoms with Crippen LogP contribution in [0.3, 0.4) is 0 Å². The van der Waals surface area contributed by atoms with Crippen molar-refractivity contribution in [1.29, 1.82) is 0 Å². The van der Waals surface area contributed by atoms with Crippen LogP contribution in [-0.2, 0) is 25.8 Å². The minimum Gasteiger partial charge on any atom is -0.454 e. The van der Waals surface area contributed by atoms with Gasteiger partial charge in [-0.25, -0.2) is 8.42 Å². The van der Waals surface area contributed by atoms with Crippen LogP contribution in [0.15, 0.2) is 18.2 Å². The smallest absolute Gasteiger partial charge is 0.239 e. The molecule has 1 aromatic carbocycles. The zero-order valence-electron chi connectivity index (χ0n) is 13.6. The van der Waals surface area contributed by atoms with E-state index in [2.05, 4.69) is 10.6 Å². The third-order valence-corrected chi connectivity index (χ3v) is 5.89. The van der Waals surface area contributed by atoms with Gasteiger partial charge in [0.05, 0.1) is 18.1 Å². The normalized spacial score (nSPS) is 20.2. The minimum atomic E-state index is -3.04. The van der Waals surface area contributed by atoms with E-state index in [9.17, 15) is 18.0 Å². The second-order valence-electron chi connectivity index (χ2n) is 6.13. The molecular formula is C16H20N2O6S. The Hall–Kier alpha value is -2.29. The Balaban J connectivity index is 1.37. The first-order valence-corrected chi connectivity index (χ1v) is 9.88. The van der Waals surface area contributed by atoms with E-state index in [4.69, 9.17) is 9.47 Å². The van der Waals surface area contributed by atoms with Gasteiger partial charge in [0.1, 0.15) is 0 Å². The van der Waals surface area contributed by atoms with Crippen LogP contribution in [-0.4, -0.2) is 51.1 Å². The summed E-state index contributed by atoms with van der Waals surface area (Å²) in [6.45, 7) is 0.0488. The van der Waals surface area contributed by atoms with Gasteiger partial charge in [-0.05, 0) is 30.5 Å². The van der Waals surface area contributed by atoms with Gasteiger partial charge in [0.15, 0.2) is 21.3 Å². The minimum absolute atomic E-state index is 0.0310.